The van der Waals surface area contributed by atoms with Crippen LogP contribution >= 0.6 is 23.4 Å². The van der Waals surface area contributed by atoms with Gasteiger partial charge in [0.15, 0.2) is 10.8 Å². The van der Waals surface area contributed by atoms with Gasteiger partial charge >= 0.3 is 0 Å². The highest BCUT2D eigenvalue weighted by atomic mass is 35.5. The van der Waals surface area contributed by atoms with E-state index in [1.165, 1.54) is 23.9 Å². The number of hydrogen-bond donors (Lipinski definition) is 0. The standard InChI is InChI=1S/C20H20ClFN2O2S/c1-20(2,26-17-9-5-15(21)6-10-17)18(25)24-12-11-23-19(24)27-13-14-3-7-16(22)8-4-14/h3-10H,11-13H2,1-2H3. The summed E-state index contributed by atoms with van der Waals surface area (Å²) in [4.78, 5) is 19.1. The van der Waals surface area contributed by atoms with E-state index in [0.717, 1.165) is 5.56 Å². The number of carbonyl (C=O) groups excluding carboxylic acids is 1. The minimum atomic E-state index is -1.05. The maximum Gasteiger partial charge on any atom is 0.272 e. The SMILES string of the molecule is CC(C)(Oc1ccc(Cl)cc1)C(=O)N1CCN=C1SCc1ccc(F)cc1. The van der Waals surface area contributed by atoms with E-state index >= 15 is 0 Å². The molecule has 0 fully saturated rings. The third kappa shape index (κ3) is 5.02. The van der Waals surface area contributed by atoms with Gasteiger partial charge in [0, 0.05) is 17.3 Å². The third-order valence-corrected chi connectivity index (χ3v) is 5.37. The van der Waals surface area contributed by atoms with E-state index in [1.54, 1.807) is 55.1 Å². The quantitative estimate of drug-likeness (QED) is 0.718. The van der Waals surface area contributed by atoms with E-state index in [1.807, 2.05) is 0 Å². The fraction of sp³-hybridized carbons (Fsp3) is 0.300. The number of amidine groups is 1. The number of nitrogens with zero attached hydrogens (tertiary/aromatic N) is 2. The van der Waals surface area contributed by atoms with Crippen LogP contribution in [-0.4, -0.2) is 34.7 Å². The zero-order valence-electron chi connectivity index (χ0n) is 15.1. The van der Waals surface area contributed by atoms with Gasteiger partial charge in [-0.25, -0.2) is 4.39 Å². The fourth-order valence-corrected chi connectivity index (χ4v) is 3.76. The maximum absolute atomic E-state index is 13.0. The number of ether oxygens (including phenoxy) is 1. The van der Waals surface area contributed by atoms with Crippen LogP contribution in [0.2, 0.25) is 5.02 Å². The average Bonchev–Trinajstić information content (AvgIpc) is 3.11. The fourth-order valence-electron chi connectivity index (χ4n) is 2.63. The molecule has 1 amide bonds. The molecule has 0 saturated heterocycles. The molecule has 2 aromatic rings. The molecule has 1 aliphatic heterocycles. The van der Waals surface area contributed by atoms with Gasteiger partial charge in [-0.2, -0.15) is 0 Å². The molecule has 3 rings (SSSR count). The Morgan fingerprint density at radius 2 is 1.89 bits per heavy atom. The molecule has 1 aliphatic rings. The summed E-state index contributed by atoms with van der Waals surface area (Å²) in [5.41, 5.74) is -0.0740. The van der Waals surface area contributed by atoms with Gasteiger partial charge in [-0.05, 0) is 55.8 Å². The second-order valence-electron chi connectivity index (χ2n) is 6.60. The van der Waals surface area contributed by atoms with Crippen LogP contribution in [0.15, 0.2) is 53.5 Å². The van der Waals surface area contributed by atoms with Crippen LogP contribution in [0.4, 0.5) is 4.39 Å². The van der Waals surface area contributed by atoms with Gasteiger partial charge in [-0.3, -0.25) is 14.7 Å². The van der Waals surface area contributed by atoms with Crippen LogP contribution in [-0.2, 0) is 10.5 Å². The first-order valence-electron chi connectivity index (χ1n) is 8.53. The molecule has 0 spiro atoms. The topological polar surface area (TPSA) is 41.9 Å². The summed E-state index contributed by atoms with van der Waals surface area (Å²) in [6.45, 7) is 4.57. The molecule has 7 heteroatoms. The summed E-state index contributed by atoms with van der Waals surface area (Å²) in [6, 6.07) is 13.2. The number of aliphatic imine (C=N–C) groups is 1. The van der Waals surface area contributed by atoms with Gasteiger partial charge in [0.1, 0.15) is 11.6 Å². The first-order valence-corrected chi connectivity index (χ1v) is 9.90. The number of rotatable bonds is 5. The summed E-state index contributed by atoms with van der Waals surface area (Å²) >= 11 is 7.36. The Balaban J connectivity index is 1.64. The van der Waals surface area contributed by atoms with Crippen molar-refractivity contribution in [3.8, 4) is 5.75 Å². The second kappa shape index (κ2) is 8.31. The second-order valence-corrected chi connectivity index (χ2v) is 7.98. The van der Waals surface area contributed by atoms with Crippen molar-refractivity contribution in [3.05, 3.63) is 64.9 Å². The largest absolute Gasteiger partial charge is 0.478 e. The Labute approximate surface area is 167 Å². The lowest BCUT2D eigenvalue weighted by Gasteiger charge is -2.30. The Kier molecular flexibility index (Phi) is 6.07. The predicted octanol–water partition coefficient (Wildman–Crippen LogP) is 4.77. The first kappa shape index (κ1) is 19.7. The highest BCUT2D eigenvalue weighted by Gasteiger charge is 2.37. The molecule has 0 aliphatic carbocycles. The molecule has 2 aromatic carbocycles. The monoisotopic (exact) mass is 406 g/mol. The molecule has 0 N–H and O–H groups in total. The van der Waals surface area contributed by atoms with Gasteiger partial charge in [-0.1, -0.05) is 35.5 Å². The molecule has 0 radical (unpaired) electrons. The van der Waals surface area contributed by atoms with Crippen molar-refractivity contribution in [3.63, 3.8) is 0 Å². The van der Waals surface area contributed by atoms with Crippen molar-refractivity contribution < 1.29 is 13.9 Å². The predicted molar refractivity (Wildman–Crippen MR) is 108 cm³/mol. The van der Waals surface area contributed by atoms with E-state index in [0.29, 0.717) is 34.8 Å². The average molecular weight is 407 g/mol. The molecule has 142 valence electrons. The Bertz CT molecular complexity index is 838. The molecule has 0 saturated carbocycles. The van der Waals surface area contributed by atoms with Gasteiger partial charge in [0.05, 0.1) is 6.54 Å². The summed E-state index contributed by atoms with van der Waals surface area (Å²) in [5, 5.41) is 1.27. The van der Waals surface area contributed by atoms with Crippen molar-refractivity contribution in [1.82, 2.24) is 4.90 Å². The summed E-state index contributed by atoms with van der Waals surface area (Å²) in [6.07, 6.45) is 0. The maximum atomic E-state index is 13.0. The highest BCUT2D eigenvalue weighted by molar-refractivity contribution is 8.13. The van der Waals surface area contributed by atoms with Crippen molar-refractivity contribution in [2.75, 3.05) is 13.1 Å². The zero-order chi connectivity index (χ0) is 19.4. The van der Waals surface area contributed by atoms with Gasteiger partial charge in [0.2, 0.25) is 0 Å². The third-order valence-electron chi connectivity index (χ3n) is 4.03. The van der Waals surface area contributed by atoms with Crippen molar-refractivity contribution in [1.29, 1.82) is 0 Å². The lowest BCUT2D eigenvalue weighted by Crippen LogP contribution is -2.49. The molecule has 0 bridgehead atoms. The first-order chi connectivity index (χ1) is 12.8. The highest BCUT2D eigenvalue weighted by Crippen LogP contribution is 2.26. The van der Waals surface area contributed by atoms with Crippen LogP contribution in [0.3, 0.4) is 0 Å². The van der Waals surface area contributed by atoms with Gasteiger partial charge in [-0.15, -0.1) is 0 Å². The number of hydrogen-bond acceptors (Lipinski definition) is 4. The number of carbonyl (C=O) groups is 1. The molecule has 0 atom stereocenters. The normalized spacial score (nSPS) is 14.2. The molecule has 1 heterocycles. The van der Waals surface area contributed by atoms with Crippen molar-refractivity contribution in [2.24, 2.45) is 4.99 Å². The molecule has 27 heavy (non-hydrogen) atoms. The number of amides is 1. The minimum absolute atomic E-state index is 0.152. The van der Waals surface area contributed by atoms with E-state index < -0.39 is 5.60 Å². The minimum Gasteiger partial charge on any atom is -0.478 e. The van der Waals surface area contributed by atoms with Crippen LogP contribution in [0, 0.1) is 5.82 Å². The molecular weight excluding hydrogens is 387 g/mol. The van der Waals surface area contributed by atoms with Crippen LogP contribution in [0.1, 0.15) is 19.4 Å². The zero-order valence-corrected chi connectivity index (χ0v) is 16.7. The van der Waals surface area contributed by atoms with Crippen LogP contribution in [0.25, 0.3) is 0 Å². The van der Waals surface area contributed by atoms with E-state index in [9.17, 15) is 9.18 Å². The molecule has 0 aromatic heterocycles. The van der Waals surface area contributed by atoms with E-state index in [2.05, 4.69) is 4.99 Å². The summed E-state index contributed by atoms with van der Waals surface area (Å²) in [7, 11) is 0. The van der Waals surface area contributed by atoms with Gasteiger partial charge < -0.3 is 4.74 Å². The van der Waals surface area contributed by atoms with Gasteiger partial charge in [0.25, 0.3) is 5.91 Å². The van der Waals surface area contributed by atoms with Crippen molar-refractivity contribution in [2.45, 2.75) is 25.2 Å². The van der Waals surface area contributed by atoms with Crippen molar-refractivity contribution >= 4 is 34.4 Å². The number of halogens is 2. The Morgan fingerprint density at radius 3 is 2.56 bits per heavy atom. The Hall–Kier alpha value is -2.05. The summed E-state index contributed by atoms with van der Waals surface area (Å²) < 4.78 is 18.9. The van der Waals surface area contributed by atoms with Crippen LogP contribution in [0.5, 0.6) is 5.75 Å². The van der Waals surface area contributed by atoms with Crippen LogP contribution < -0.4 is 4.74 Å². The lowest BCUT2D eigenvalue weighted by atomic mass is 10.1. The lowest BCUT2D eigenvalue weighted by molar-refractivity contribution is -0.140. The summed E-state index contributed by atoms with van der Waals surface area (Å²) in [5.74, 6) is 0.774. The molecule has 4 nitrogen and oxygen atoms in total. The Morgan fingerprint density at radius 1 is 1.22 bits per heavy atom. The smallest absolute Gasteiger partial charge is 0.272 e. The number of thioether (sulfide) groups is 1. The van der Waals surface area contributed by atoms with E-state index in [-0.39, 0.29) is 11.7 Å². The molecule has 0 unspecified atom stereocenters. The van der Waals surface area contributed by atoms with E-state index in [4.69, 9.17) is 16.3 Å². The molecular formula is C20H20ClFN2O2S. The number of benzene rings is 2.